The molecule has 1 heterocycles. The van der Waals surface area contributed by atoms with E-state index < -0.39 is 17.2 Å². The minimum Gasteiger partial charge on any atom is -0.482 e. The van der Waals surface area contributed by atoms with Gasteiger partial charge in [-0.3, -0.25) is 14.4 Å². The Labute approximate surface area is 154 Å². The number of anilines is 1. The molecular formula is C20H16N2O5. The molecule has 0 saturated heterocycles. The fourth-order valence-electron chi connectivity index (χ4n) is 2.27. The summed E-state index contributed by atoms with van der Waals surface area (Å²) in [5.41, 5.74) is 6.34. The Hall–Kier alpha value is -3.87. The SMILES string of the molecule is NC(=O)c1ccc(NC(=O)c2cc(=O)c(OCc3ccccc3)co2)cc1. The van der Waals surface area contributed by atoms with Crippen molar-refractivity contribution in [2.24, 2.45) is 5.73 Å². The Balaban J connectivity index is 1.66. The zero-order valence-corrected chi connectivity index (χ0v) is 14.2. The fraction of sp³-hybridized carbons (Fsp3) is 0.0500. The van der Waals surface area contributed by atoms with Crippen LogP contribution in [-0.2, 0) is 6.61 Å². The second kappa shape index (κ2) is 8.01. The van der Waals surface area contributed by atoms with Crippen LogP contribution < -0.4 is 21.2 Å². The molecule has 0 aliphatic heterocycles. The highest BCUT2D eigenvalue weighted by molar-refractivity contribution is 6.02. The maximum Gasteiger partial charge on any atom is 0.291 e. The van der Waals surface area contributed by atoms with E-state index in [4.69, 9.17) is 14.9 Å². The van der Waals surface area contributed by atoms with E-state index in [0.29, 0.717) is 11.3 Å². The molecule has 0 saturated carbocycles. The lowest BCUT2D eigenvalue weighted by atomic mass is 10.2. The quantitative estimate of drug-likeness (QED) is 0.698. The highest BCUT2D eigenvalue weighted by atomic mass is 16.5. The summed E-state index contributed by atoms with van der Waals surface area (Å²) in [6.07, 6.45) is 1.11. The lowest BCUT2D eigenvalue weighted by molar-refractivity contribution is 0.0989. The van der Waals surface area contributed by atoms with Crippen LogP contribution in [0.5, 0.6) is 5.75 Å². The van der Waals surface area contributed by atoms with E-state index in [0.717, 1.165) is 17.9 Å². The molecule has 0 fully saturated rings. The molecule has 0 unspecified atom stereocenters. The predicted molar refractivity (Wildman–Crippen MR) is 98.7 cm³/mol. The van der Waals surface area contributed by atoms with Crippen molar-refractivity contribution in [2.45, 2.75) is 6.61 Å². The maximum atomic E-state index is 12.2. The number of hydrogen-bond donors (Lipinski definition) is 2. The van der Waals surface area contributed by atoms with Crippen LogP contribution in [0, 0.1) is 0 Å². The molecule has 0 aliphatic carbocycles. The molecule has 0 radical (unpaired) electrons. The summed E-state index contributed by atoms with van der Waals surface area (Å²) in [5.74, 6) is -1.31. The van der Waals surface area contributed by atoms with Crippen molar-refractivity contribution in [2.75, 3.05) is 5.32 Å². The van der Waals surface area contributed by atoms with Crippen LogP contribution in [0.25, 0.3) is 0 Å². The van der Waals surface area contributed by atoms with Crippen LogP contribution in [0.1, 0.15) is 26.5 Å². The van der Waals surface area contributed by atoms with Crippen LogP contribution in [0.3, 0.4) is 0 Å². The van der Waals surface area contributed by atoms with E-state index in [1.807, 2.05) is 30.3 Å². The molecule has 3 aromatic rings. The number of nitrogens with one attached hydrogen (secondary N) is 1. The van der Waals surface area contributed by atoms with Gasteiger partial charge in [-0.2, -0.15) is 0 Å². The number of carbonyl (C=O) groups excluding carboxylic acids is 2. The number of rotatable bonds is 6. The average Bonchev–Trinajstić information content (AvgIpc) is 2.68. The van der Waals surface area contributed by atoms with E-state index in [9.17, 15) is 14.4 Å². The van der Waals surface area contributed by atoms with Crippen molar-refractivity contribution in [1.82, 2.24) is 0 Å². The van der Waals surface area contributed by atoms with Gasteiger partial charge in [0.2, 0.25) is 17.1 Å². The third kappa shape index (κ3) is 4.60. The average molecular weight is 364 g/mol. The molecule has 3 N–H and O–H groups in total. The molecule has 2 amide bonds. The Bertz CT molecular complexity index is 1010. The first-order valence-corrected chi connectivity index (χ1v) is 8.04. The Kier molecular flexibility index (Phi) is 5.32. The zero-order valence-electron chi connectivity index (χ0n) is 14.2. The van der Waals surface area contributed by atoms with Crippen LogP contribution in [0.4, 0.5) is 5.69 Å². The zero-order chi connectivity index (χ0) is 19.2. The summed E-state index contributed by atoms with van der Waals surface area (Å²) in [5, 5.41) is 2.56. The molecule has 3 rings (SSSR count). The number of benzene rings is 2. The number of nitrogens with two attached hydrogens (primary N) is 1. The molecule has 1 aromatic heterocycles. The monoisotopic (exact) mass is 364 g/mol. The van der Waals surface area contributed by atoms with E-state index >= 15 is 0 Å². The van der Waals surface area contributed by atoms with Gasteiger partial charge >= 0.3 is 0 Å². The molecular weight excluding hydrogens is 348 g/mol. The Morgan fingerprint density at radius 3 is 2.37 bits per heavy atom. The fourth-order valence-corrected chi connectivity index (χ4v) is 2.27. The first-order valence-electron chi connectivity index (χ1n) is 8.04. The summed E-state index contributed by atoms with van der Waals surface area (Å²) in [4.78, 5) is 35.4. The van der Waals surface area contributed by atoms with Crippen molar-refractivity contribution in [3.05, 3.63) is 94.0 Å². The van der Waals surface area contributed by atoms with Gasteiger partial charge in [0, 0.05) is 17.3 Å². The molecule has 2 aromatic carbocycles. The maximum absolute atomic E-state index is 12.2. The summed E-state index contributed by atoms with van der Waals surface area (Å²) >= 11 is 0. The summed E-state index contributed by atoms with van der Waals surface area (Å²) in [7, 11) is 0. The van der Waals surface area contributed by atoms with E-state index in [1.165, 1.54) is 24.3 Å². The molecule has 27 heavy (non-hydrogen) atoms. The van der Waals surface area contributed by atoms with Crippen LogP contribution >= 0.6 is 0 Å². The molecule has 0 atom stereocenters. The molecule has 0 bridgehead atoms. The van der Waals surface area contributed by atoms with Gasteiger partial charge in [0.15, 0.2) is 5.76 Å². The first kappa shape index (κ1) is 17.9. The van der Waals surface area contributed by atoms with Gasteiger partial charge in [0.1, 0.15) is 12.9 Å². The van der Waals surface area contributed by atoms with E-state index in [2.05, 4.69) is 5.32 Å². The van der Waals surface area contributed by atoms with Gasteiger partial charge < -0.3 is 20.2 Å². The minimum absolute atomic E-state index is 0.0150. The molecule has 7 nitrogen and oxygen atoms in total. The number of primary amides is 1. The van der Waals surface area contributed by atoms with Gasteiger partial charge in [-0.25, -0.2) is 0 Å². The van der Waals surface area contributed by atoms with Crippen molar-refractivity contribution in [3.8, 4) is 5.75 Å². The predicted octanol–water partition coefficient (Wildman–Crippen LogP) is 2.57. The summed E-state index contributed by atoms with van der Waals surface area (Å²) in [6, 6.07) is 16.4. The van der Waals surface area contributed by atoms with E-state index in [-0.39, 0.29) is 18.1 Å². The van der Waals surface area contributed by atoms with Crippen molar-refractivity contribution in [3.63, 3.8) is 0 Å². The molecule has 136 valence electrons. The lowest BCUT2D eigenvalue weighted by Gasteiger charge is -2.07. The molecule has 7 heteroatoms. The van der Waals surface area contributed by atoms with Gasteiger partial charge in [0.05, 0.1) is 0 Å². The summed E-state index contributed by atoms with van der Waals surface area (Å²) in [6.45, 7) is 0.212. The highest BCUT2D eigenvalue weighted by Crippen LogP contribution is 2.13. The van der Waals surface area contributed by atoms with Gasteiger partial charge in [-0.05, 0) is 29.8 Å². The van der Waals surface area contributed by atoms with Crippen LogP contribution in [0.15, 0.2) is 76.1 Å². The lowest BCUT2D eigenvalue weighted by Crippen LogP contribution is -2.16. The Morgan fingerprint density at radius 2 is 1.74 bits per heavy atom. The van der Waals surface area contributed by atoms with Gasteiger partial charge in [0.25, 0.3) is 5.91 Å². The van der Waals surface area contributed by atoms with E-state index in [1.54, 1.807) is 0 Å². The summed E-state index contributed by atoms with van der Waals surface area (Å²) < 4.78 is 10.6. The van der Waals surface area contributed by atoms with Gasteiger partial charge in [-0.1, -0.05) is 30.3 Å². The van der Waals surface area contributed by atoms with Crippen molar-refractivity contribution in [1.29, 1.82) is 0 Å². The van der Waals surface area contributed by atoms with Crippen LogP contribution in [-0.4, -0.2) is 11.8 Å². The number of ether oxygens (including phenoxy) is 1. The smallest absolute Gasteiger partial charge is 0.291 e. The number of amides is 2. The second-order valence-corrected chi connectivity index (χ2v) is 5.64. The van der Waals surface area contributed by atoms with Crippen LogP contribution in [0.2, 0.25) is 0 Å². The largest absolute Gasteiger partial charge is 0.482 e. The standard InChI is InChI=1S/C20H16N2O5/c21-19(24)14-6-8-15(9-7-14)22-20(25)17-10-16(23)18(12-27-17)26-11-13-4-2-1-3-5-13/h1-10,12H,11H2,(H2,21,24)(H,22,25). The number of hydrogen-bond acceptors (Lipinski definition) is 5. The van der Waals surface area contributed by atoms with Crippen molar-refractivity contribution < 1.29 is 18.7 Å². The normalized spacial score (nSPS) is 10.2. The molecule has 0 spiro atoms. The van der Waals surface area contributed by atoms with Crippen molar-refractivity contribution >= 4 is 17.5 Å². The number of carbonyl (C=O) groups is 2. The third-order valence-corrected chi connectivity index (χ3v) is 3.69. The highest BCUT2D eigenvalue weighted by Gasteiger charge is 2.13. The minimum atomic E-state index is -0.603. The first-order chi connectivity index (χ1) is 13.0. The third-order valence-electron chi connectivity index (χ3n) is 3.69. The topological polar surface area (TPSA) is 112 Å². The second-order valence-electron chi connectivity index (χ2n) is 5.64. The molecule has 0 aliphatic rings. The van der Waals surface area contributed by atoms with Gasteiger partial charge in [-0.15, -0.1) is 0 Å². The Morgan fingerprint density at radius 1 is 1.04 bits per heavy atom.